The average molecular weight is 937 g/mol. The van der Waals surface area contributed by atoms with Gasteiger partial charge in [0.2, 0.25) is 17.4 Å². The molecule has 4 aliphatic rings. The summed E-state index contributed by atoms with van der Waals surface area (Å²) >= 11 is 0. The van der Waals surface area contributed by atoms with Gasteiger partial charge in [0.1, 0.15) is 30.4 Å². The fourth-order valence-corrected chi connectivity index (χ4v) is 9.36. The van der Waals surface area contributed by atoms with Crippen LogP contribution in [0, 0.1) is 5.82 Å². The number of hydrogen-bond acceptors (Lipinski definition) is 11. The van der Waals surface area contributed by atoms with Crippen molar-refractivity contribution in [2.45, 2.75) is 140 Å². The summed E-state index contributed by atoms with van der Waals surface area (Å²) in [6, 6.07) is 11.5. The molecule has 5 atom stereocenters. The summed E-state index contributed by atoms with van der Waals surface area (Å²) in [4.78, 5) is 80.8. The average Bonchev–Trinajstić information content (AvgIpc) is 3.86. The lowest BCUT2D eigenvalue weighted by Crippen LogP contribution is -2.55. The summed E-state index contributed by atoms with van der Waals surface area (Å²) in [6.07, 6.45) is 0.981. The third-order valence-electron chi connectivity index (χ3n) is 13.1. The summed E-state index contributed by atoms with van der Waals surface area (Å²) in [5, 5.41) is 29.3. The minimum Gasteiger partial charge on any atom is -0.427 e. The quantitative estimate of drug-likeness (QED) is 0.0324. The van der Waals surface area contributed by atoms with E-state index in [1.165, 1.54) is 12.1 Å². The van der Waals surface area contributed by atoms with E-state index in [0.717, 1.165) is 75.3 Å². The number of nitrogens with one attached hydrogen (secondary N) is 3. The van der Waals surface area contributed by atoms with Gasteiger partial charge in [0, 0.05) is 42.9 Å². The maximum absolute atomic E-state index is 13.9. The number of carbonyl (C=O) groups is 6. The van der Waals surface area contributed by atoms with E-state index in [1.807, 2.05) is 0 Å². The number of fused-ring (bicyclic) bond motifs is 3. The topological polar surface area (TPSA) is 198 Å². The number of aryl methyl sites for hydroxylation is 1. The van der Waals surface area contributed by atoms with Crippen LogP contribution >= 0.6 is 0 Å². The smallest absolute Gasteiger partial charge is 0.418 e. The van der Waals surface area contributed by atoms with Crippen LogP contribution in [0.25, 0.3) is 0 Å². The second kappa shape index (κ2) is 20.9. The van der Waals surface area contributed by atoms with Gasteiger partial charge in [-0.3, -0.25) is 33.8 Å². The van der Waals surface area contributed by atoms with Crippen molar-refractivity contribution in [3.63, 3.8) is 0 Å². The Bertz CT molecular complexity index is 2350. The Morgan fingerprint density at radius 1 is 0.925 bits per heavy atom. The van der Waals surface area contributed by atoms with Gasteiger partial charge in [0.05, 0.1) is 17.7 Å². The molecule has 3 heterocycles. The first-order valence-electron chi connectivity index (χ1n) is 22.9. The zero-order valence-corrected chi connectivity index (χ0v) is 37.2. The SMILES string of the molecule is C[C@H](N(Cc1ccc(F)cc1)C(O)CN1C(=O)O[C@@]2(CCc3cc(NC(=O)CCCCCCCCCCCNc4cccc5c4C(=O)N(C4CCC(O)NC4=O)C5=O)ccc32)C1=O)C(F)(F)F. The number of aliphatic hydroxyl groups excluding tert-OH is 2. The Labute approximate surface area is 385 Å². The van der Waals surface area contributed by atoms with Crippen LogP contribution in [0.1, 0.15) is 128 Å². The zero-order valence-electron chi connectivity index (χ0n) is 37.2. The fourth-order valence-electron chi connectivity index (χ4n) is 9.36. The highest BCUT2D eigenvalue weighted by Gasteiger charge is 2.59. The molecule has 3 aliphatic heterocycles. The first-order valence-corrected chi connectivity index (χ1v) is 22.9. The van der Waals surface area contributed by atoms with Crippen molar-refractivity contribution >= 4 is 47.0 Å². The van der Waals surface area contributed by atoms with E-state index < -0.39 is 84.9 Å². The van der Waals surface area contributed by atoms with Crippen molar-refractivity contribution in [3.05, 3.63) is 94.3 Å². The molecule has 15 nitrogen and oxygen atoms in total. The van der Waals surface area contributed by atoms with Crippen molar-refractivity contribution in [2.24, 2.45) is 0 Å². The third kappa shape index (κ3) is 10.9. The molecule has 1 aliphatic carbocycles. The van der Waals surface area contributed by atoms with Crippen LogP contribution in [0.15, 0.2) is 60.7 Å². The lowest BCUT2D eigenvalue weighted by Gasteiger charge is -2.35. The molecule has 2 saturated heterocycles. The van der Waals surface area contributed by atoms with Crippen LogP contribution < -0.4 is 16.0 Å². The summed E-state index contributed by atoms with van der Waals surface area (Å²) in [7, 11) is 0. The van der Waals surface area contributed by atoms with Crippen LogP contribution in [0.4, 0.5) is 33.7 Å². The minimum absolute atomic E-state index is 0.0765. The highest BCUT2D eigenvalue weighted by molar-refractivity contribution is 6.25. The lowest BCUT2D eigenvalue weighted by atomic mass is 9.94. The molecule has 3 unspecified atom stereocenters. The maximum Gasteiger partial charge on any atom is 0.418 e. The standard InChI is InChI=1S/C48H56F4N6O9/c1-29(48(50,51)52)56(27-30-15-17-32(49)18-16-30)40(61)28-57-45(65)47(67-46(57)66)24-23-31-26-33(19-20-35(31)47)54-38(59)14-9-7-5-3-2-4-6-8-10-25-53-36-13-11-12-34-41(36)44(64)58(43(34)63)37-21-22-39(60)55-42(37)62/h11-13,15-20,26,29,37,39-40,53,60-61H,2-10,14,21-25,27-28H2,1H3,(H,54,59)(H,55,62)/t29-,37?,39?,40?,47+/m0/s1. The second-order valence-electron chi connectivity index (χ2n) is 17.7. The zero-order chi connectivity index (χ0) is 48.0. The number of nitrogens with zero attached hydrogens (tertiary/aromatic N) is 3. The van der Waals surface area contributed by atoms with E-state index >= 15 is 0 Å². The van der Waals surface area contributed by atoms with E-state index in [4.69, 9.17) is 4.74 Å². The Kier molecular flexibility index (Phi) is 15.3. The van der Waals surface area contributed by atoms with Crippen molar-refractivity contribution in [3.8, 4) is 0 Å². The number of hydrogen-bond donors (Lipinski definition) is 5. The van der Waals surface area contributed by atoms with Crippen molar-refractivity contribution < 1.29 is 61.3 Å². The number of piperidine rings is 1. The van der Waals surface area contributed by atoms with E-state index in [2.05, 4.69) is 16.0 Å². The van der Waals surface area contributed by atoms with Crippen LogP contribution in [0.5, 0.6) is 0 Å². The summed E-state index contributed by atoms with van der Waals surface area (Å²) < 4.78 is 60.7. The van der Waals surface area contributed by atoms with Gasteiger partial charge in [0.15, 0.2) is 0 Å². The molecule has 0 aromatic heterocycles. The van der Waals surface area contributed by atoms with Crippen LogP contribution in [-0.2, 0) is 37.7 Å². The number of aliphatic hydroxyl groups is 2. The number of rotatable bonds is 21. The molecular weight excluding hydrogens is 881 g/mol. The predicted molar refractivity (Wildman–Crippen MR) is 236 cm³/mol. The highest BCUT2D eigenvalue weighted by Crippen LogP contribution is 2.46. The number of imide groups is 2. The largest absolute Gasteiger partial charge is 0.427 e. The normalized spacial score (nSPS) is 21.2. The minimum atomic E-state index is -4.76. The van der Waals surface area contributed by atoms with E-state index in [9.17, 15) is 56.5 Å². The molecule has 1 spiro atoms. The summed E-state index contributed by atoms with van der Waals surface area (Å²) in [6.45, 7) is 0.222. The Morgan fingerprint density at radius 3 is 2.30 bits per heavy atom. The summed E-state index contributed by atoms with van der Waals surface area (Å²) in [5.74, 6) is -3.14. The number of β-amino-alcohol motifs (C(OH)–C–C–N with tert-alkyl or cyclic N) is 1. The molecule has 7 rings (SSSR count). The number of benzene rings is 3. The molecule has 3 aromatic carbocycles. The number of carbonyl (C=O) groups excluding carboxylic acids is 6. The molecule has 3 aromatic rings. The molecule has 5 N–H and O–H groups in total. The van der Waals surface area contributed by atoms with Gasteiger partial charge in [-0.05, 0) is 86.6 Å². The number of unbranched alkanes of at least 4 members (excludes halogenated alkanes) is 8. The van der Waals surface area contributed by atoms with Crippen molar-refractivity contribution in [1.29, 1.82) is 0 Å². The van der Waals surface area contributed by atoms with E-state index in [1.54, 1.807) is 36.4 Å². The van der Waals surface area contributed by atoms with Crippen LogP contribution in [0.3, 0.4) is 0 Å². The van der Waals surface area contributed by atoms with Gasteiger partial charge in [-0.15, -0.1) is 0 Å². The Morgan fingerprint density at radius 2 is 1.61 bits per heavy atom. The molecule has 19 heteroatoms. The van der Waals surface area contributed by atoms with Gasteiger partial charge in [-0.2, -0.15) is 13.2 Å². The number of amides is 6. The monoisotopic (exact) mass is 936 g/mol. The van der Waals surface area contributed by atoms with Gasteiger partial charge >= 0.3 is 12.3 Å². The van der Waals surface area contributed by atoms with E-state index in [0.29, 0.717) is 58.1 Å². The Hall–Kier alpha value is -5.92. The second-order valence-corrected chi connectivity index (χ2v) is 17.7. The highest BCUT2D eigenvalue weighted by atomic mass is 19.4. The first kappa shape index (κ1) is 49.0. The number of anilines is 2. The molecule has 0 saturated carbocycles. The number of halogens is 4. The van der Waals surface area contributed by atoms with Crippen LogP contribution in [0.2, 0.25) is 0 Å². The third-order valence-corrected chi connectivity index (χ3v) is 13.1. The molecule has 360 valence electrons. The van der Waals surface area contributed by atoms with Crippen molar-refractivity contribution in [1.82, 2.24) is 20.0 Å². The fraction of sp³-hybridized carbons (Fsp3) is 0.500. The molecule has 0 bridgehead atoms. The van der Waals surface area contributed by atoms with Gasteiger partial charge < -0.3 is 30.9 Å². The Balaban J connectivity index is 0.784. The number of alkyl halides is 3. The maximum atomic E-state index is 13.9. The predicted octanol–water partition coefficient (Wildman–Crippen LogP) is 6.86. The number of ether oxygens (including phenoxy) is 1. The van der Waals surface area contributed by atoms with Crippen molar-refractivity contribution in [2.75, 3.05) is 23.7 Å². The molecule has 0 radical (unpaired) electrons. The van der Waals surface area contributed by atoms with Gasteiger partial charge in [-0.25, -0.2) is 14.1 Å². The van der Waals surface area contributed by atoms with E-state index in [-0.39, 0.29) is 41.9 Å². The summed E-state index contributed by atoms with van der Waals surface area (Å²) in [5.41, 5.74) is 1.22. The van der Waals surface area contributed by atoms with Crippen LogP contribution in [-0.4, -0.2) is 104 Å². The molecule has 6 amide bonds. The van der Waals surface area contributed by atoms with Gasteiger partial charge in [0.25, 0.3) is 17.7 Å². The first-order chi connectivity index (χ1) is 32.0. The molecule has 2 fully saturated rings. The lowest BCUT2D eigenvalue weighted by molar-refractivity contribution is -0.204. The molecular formula is C48H56F4N6O9. The van der Waals surface area contributed by atoms with Gasteiger partial charge in [-0.1, -0.05) is 69.2 Å². The molecule has 67 heavy (non-hydrogen) atoms.